The molecule has 18 heavy (non-hydrogen) atoms. The van der Waals surface area contributed by atoms with Crippen LogP contribution in [0, 0.1) is 0 Å². The van der Waals surface area contributed by atoms with E-state index >= 15 is 0 Å². The zero-order chi connectivity index (χ0) is 13.3. The van der Waals surface area contributed by atoms with Crippen molar-refractivity contribution in [3.63, 3.8) is 0 Å². The van der Waals surface area contributed by atoms with E-state index in [1.54, 1.807) is 10.6 Å². The summed E-state index contributed by atoms with van der Waals surface area (Å²) in [6, 6.07) is 3.21. The van der Waals surface area contributed by atoms with Gasteiger partial charge < -0.3 is 10.3 Å². The SMILES string of the molecule is CS(=O)(=O)CCn1c2c(ccc1=O)C(N)CCC2. The predicted octanol–water partition coefficient (Wildman–Crippen LogP) is 0.229. The molecule has 0 spiro atoms. The molecule has 0 radical (unpaired) electrons. The molecule has 1 aliphatic carbocycles. The van der Waals surface area contributed by atoms with Gasteiger partial charge in [-0.1, -0.05) is 6.07 Å². The minimum Gasteiger partial charge on any atom is -0.324 e. The minimum atomic E-state index is -3.07. The average molecular weight is 270 g/mol. The highest BCUT2D eigenvalue weighted by molar-refractivity contribution is 7.90. The van der Waals surface area contributed by atoms with Crippen LogP contribution in [-0.4, -0.2) is 25.0 Å². The van der Waals surface area contributed by atoms with Crippen molar-refractivity contribution in [3.8, 4) is 0 Å². The third-order valence-corrected chi connectivity index (χ3v) is 4.27. The number of fused-ring (bicyclic) bond motifs is 1. The Bertz CT molecular complexity index is 604. The molecule has 1 aromatic rings. The van der Waals surface area contributed by atoms with Crippen molar-refractivity contribution in [3.05, 3.63) is 33.7 Å². The third-order valence-electron chi connectivity index (χ3n) is 3.34. The maximum absolute atomic E-state index is 11.8. The van der Waals surface area contributed by atoms with Crippen LogP contribution in [0.25, 0.3) is 0 Å². The summed E-state index contributed by atoms with van der Waals surface area (Å²) in [5, 5.41) is 0. The van der Waals surface area contributed by atoms with E-state index in [0.717, 1.165) is 30.5 Å². The molecule has 2 N–H and O–H groups in total. The fourth-order valence-electron chi connectivity index (χ4n) is 2.40. The van der Waals surface area contributed by atoms with Crippen molar-refractivity contribution in [2.24, 2.45) is 5.73 Å². The first-order valence-corrected chi connectivity index (χ1v) is 8.10. The molecular weight excluding hydrogens is 252 g/mol. The van der Waals surface area contributed by atoms with Crippen molar-refractivity contribution in [1.29, 1.82) is 0 Å². The van der Waals surface area contributed by atoms with Crippen LogP contribution in [0.1, 0.15) is 30.1 Å². The first kappa shape index (κ1) is 13.3. The molecular formula is C12H18N2O3S. The zero-order valence-electron chi connectivity index (χ0n) is 10.4. The molecule has 0 fully saturated rings. The number of nitrogens with two attached hydrogens (primary N) is 1. The van der Waals surface area contributed by atoms with Crippen LogP contribution >= 0.6 is 0 Å². The van der Waals surface area contributed by atoms with Gasteiger partial charge in [0.05, 0.1) is 5.75 Å². The lowest BCUT2D eigenvalue weighted by atomic mass is 9.91. The summed E-state index contributed by atoms with van der Waals surface area (Å²) in [5.41, 5.74) is 7.76. The normalized spacial score (nSPS) is 19.6. The maximum Gasteiger partial charge on any atom is 0.250 e. The van der Waals surface area contributed by atoms with E-state index < -0.39 is 9.84 Å². The second-order valence-electron chi connectivity index (χ2n) is 4.85. The summed E-state index contributed by atoms with van der Waals surface area (Å²) in [4.78, 5) is 11.8. The lowest BCUT2D eigenvalue weighted by Crippen LogP contribution is -2.31. The molecule has 0 saturated carbocycles. The number of hydrogen-bond acceptors (Lipinski definition) is 4. The van der Waals surface area contributed by atoms with Gasteiger partial charge in [-0.2, -0.15) is 0 Å². The van der Waals surface area contributed by atoms with Gasteiger partial charge in [0.15, 0.2) is 0 Å². The number of sulfone groups is 1. The molecule has 2 rings (SSSR count). The second-order valence-corrected chi connectivity index (χ2v) is 7.11. The molecule has 6 heteroatoms. The largest absolute Gasteiger partial charge is 0.324 e. The van der Waals surface area contributed by atoms with Gasteiger partial charge in [-0.25, -0.2) is 8.42 Å². The number of hydrogen-bond donors (Lipinski definition) is 1. The summed E-state index contributed by atoms with van der Waals surface area (Å²) in [6.45, 7) is 0.216. The van der Waals surface area contributed by atoms with Gasteiger partial charge in [0, 0.05) is 30.6 Å². The van der Waals surface area contributed by atoms with Gasteiger partial charge >= 0.3 is 0 Å². The van der Waals surface area contributed by atoms with Crippen LogP contribution in [-0.2, 0) is 22.8 Å². The third kappa shape index (κ3) is 2.81. The van der Waals surface area contributed by atoms with E-state index in [2.05, 4.69) is 0 Å². The number of nitrogens with zero attached hydrogens (tertiary/aromatic N) is 1. The maximum atomic E-state index is 11.8. The Hall–Kier alpha value is -1.14. The Morgan fingerprint density at radius 2 is 2.17 bits per heavy atom. The highest BCUT2D eigenvalue weighted by Crippen LogP contribution is 2.26. The van der Waals surface area contributed by atoms with Crippen molar-refractivity contribution >= 4 is 9.84 Å². The molecule has 0 aliphatic heterocycles. The fourth-order valence-corrected chi connectivity index (χ4v) is 2.91. The molecule has 1 heterocycles. The lowest BCUT2D eigenvalue weighted by molar-refractivity contribution is 0.523. The van der Waals surface area contributed by atoms with Crippen LogP contribution in [0.5, 0.6) is 0 Å². The van der Waals surface area contributed by atoms with Gasteiger partial charge in [-0.05, 0) is 24.8 Å². The zero-order valence-corrected chi connectivity index (χ0v) is 11.2. The number of aromatic nitrogens is 1. The average Bonchev–Trinajstić information content (AvgIpc) is 2.26. The lowest BCUT2D eigenvalue weighted by Gasteiger charge is -2.25. The van der Waals surface area contributed by atoms with E-state index in [9.17, 15) is 13.2 Å². The first-order valence-electron chi connectivity index (χ1n) is 6.04. The summed E-state index contributed by atoms with van der Waals surface area (Å²) in [7, 11) is -3.07. The van der Waals surface area contributed by atoms with Gasteiger partial charge in [-0.3, -0.25) is 4.79 Å². The monoisotopic (exact) mass is 270 g/mol. The second kappa shape index (κ2) is 4.85. The van der Waals surface area contributed by atoms with Gasteiger partial charge in [0.25, 0.3) is 5.56 Å². The summed E-state index contributed by atoms with van der Waals surface area (Å²) >= 11 is 0. The van der Waals surface area contributed by atoms with E-state index in [-0.39, 0.29) is 23.9 Å². The van der Waals surface area contributed by atoms with Gasteiger partial charge in [-0.15, -0.1) is 0 Å². The molecule has 1 unspecified atom stereocenters. The van der Waals surface area contributed by atoms with E-state index in [1.165, 1.54) is 12.3 Å². The van der Waals surface area contributed by atoms with Crippen LogP contribution in [0.4, 0.5) is 0 Å². The first-order chi connectivity index (χ1) is 8.38. The fraction of sp³-hybridized carbons (Fsp3) is 0.583. The van der Waals surface area contributed by atoms with Crippen LogP contribution in [0.15, 0.2) is 16.9 Å². The van der Waals surface area contributed by atoms with E-state index in [1.807, 2.05) is 0 Å². The van der Waals surface area contributed by atoms with E-state index in [0.29, 0.717) is 0 Å². The number of rotatable bonds is 3. The number of pyridine rings is 1. The summed E-state index contributed by atoms with van der Waals surface area (Å²) in [5.74, 6) is -0.0153. The van der Waals surface area contributed by atoms with Crippen molar-refractivity contribution < 1.29 is 8.42 Å². The highest BCUT2D eigenvalue weighted by Gasteiger charge is 2.20. The topological polar surface area (TPSA) is 82.2 Å². The van der Waals surface area contributed by atoms with Gasteiger partial charge in [0.1, 0.15) is 9.84 Å². The molecule has 0 saturated heterocycles. The van der Waals surface area contributed by atoms with Crippen molar-refractivity contribution in [2.75, 3.05) is 12.0 Å². The Kier molecular flexibility index (Phi) is 3.59. The Labute approximate surface area is 107 Å². The standard InChI is InChI=1S/C12H18N2O3S/c1-18(16,17)8-7-14-11-4-2-3-10(13)9(11)5-6-12(14)15/h5-6,10H,2-4,7-8,13H2,1H3. The van der Waals surface area contributed by atoms with Crippen LogP contribution < -0.4 is 11.3 Å². The molecule has 0 aromatic carbocycles. The Morgan fingerprint density at radius 1 is 1.44 bits per heavy atom. The minimum absolute atomic E-state index is 0.0153. The summed E-state index contributed by atoms with van der Waals surface area (Å²) in [6.07, 6.45) is 3.83. The quantitative estimate of drug-likeness (QED) is 0.852. The Morgan fingerprint density at radius 3 is 2.83 bits per heavy atom. The molecule has 100 valence electrons. The molecule has 1 aromatic heterocycles. The highest BCUT2D eigenvalue weighted by atomic mass is 32.2. The van der Waals surface area contributed by atoms with Crippen molar-refractivity contribution in [2.45, 2.75) is 31.8 Å². The molecule has 1 aliphatic rings. The van der Waals surface area contributed by atoms with Gasteiger partial charge in [0.2, 0.25) is 0 Å². The smallest absolute Gasteiger partial charge is 0.250 e. The summed E-state index contributed by atoms with van der Waals surface area (Å²) < 4.78 is 24.0. The van der Waals surface area contributed by atoms with Crippen LogP contribution in [0.2, 0.25) is 0 Å². The molecule has 5 nitrogen and oxygen atoms in total. The molecule has 1 atom stereocenters. The Balaban J connectivity index is 2.40. The van der Waals surface area contributed by atoms with Crippen molar-refractivity contribution in [1.82, 2.24) is 4.57 Å². The molecule has 0 amide bonds. The van der Waals surface area contributed by atoms with Crippen LogP contribution in [0.3, 0.4) is 0 Å². The van der Waals surface area contributed by atoms with E-state index in [4.69, 9.17) is 5.73 Å². The molecule has 0 bridgehead atoms. The predicted molar refractivity (Wildman–Crippen MR) is 70.3 cm³/mol.